The minimum absolute atomic E-state index is 0.0501. The van der Waals surface area contributed by atoms with Crippen LogP contribution in [0.25, 0.3) is 0 Å². The summed E-state index contributed by atoms with van der Waals surface area (Å²) in [7, 11) is -7.41. The molecule has 0 fully saturated rings. The Morgan fingerprint density at radius 3 is 2.22 bits per heavy atom. The smallest absolute Gasteiger partial charge is 0.257 e. The summed E-state index contributed by atoms with van der Waals surface area (Å²) >= 11 is 0. The van der Waals surface area contributed by atoms with E-state index in [4.69, 9.17) is 0 Å². The molecule has 0 unspecified atom stereocenters. The summed E-state index contributed by atoms with van der Waals surface area (Å²) in [5, 5.41) is 0. The van der Waals surface area contributed by atoms with Crippen molar-refractivity contribution in [2.45, 2.75) is 37.5 Å². The monoisotopic (exact) mass is 412 g/mol. The molecule has 0 aliphatic heterocycles. The highest BCUT2D eigenvalue weighted by atomic mass is 32.2. The molecule has 0 atom stereocenters. The van der Waals surface area contributed by atoms with Gasteiger partial charge in [-0.2, -0.15) is 4.31 Å². The molecule has 0 aliphatic rings. The molecule has 0 amide bonds. The molecule has 0 saturated heterocycles. The van der Waals surface area contributed by atoms with Gasteiger partial charge in [0.05, 0.1) is 4.90 Å². The minimum atomic E-state index is -3.80. The van der Waals surface area contributed by atoms with E-state index in [9.17, 15) is 16.8 Å². The fourth-order valence-corrected chi connectivity index (χ4v) is 5.08. The van der Waals surface area contributed by atoms with Crippen LogP contribution in [0.2, 0.25) is 0 Å². The number of hydrogen-bond donors (Lipinski definition) is 2. The number of pyridine rings is 1. The Kier molecular flexibility index (Phi) is 6.58. The van der Waals surface area contributed by atoms with Crippen LogP contribution in [0.5, 0.6) is 0 Å². The number of nitrogens with zero attached hydrogens (tertiary/aromatic N) is 2. The second-order valence-electron chi connectivity index (χ2n) is 5.97. The molecule has 2 rings (SSSR count). The van der Waals surface area contributed by atoms with E-state index in [2.05, 4.69) is 15.2 Å². The molecule has 0 bridgehead atoms. The molecular weight excluding hydrogens is 388 g/mol. The SMILES string of the molecule is CCN(CC)S(=O)(=O)c1ccc(NNS(=O)(=O)c2cc(C)ccc2C)nc1. The van der Waals surface area contributed by atoms with Crippen molar-refractivity contribution in [3.63, 3.8) is 0 Å². The van der Waals surface area contributed by atoms with Crippen molar-refractivity contribution in [1.29, 1.82) is 0 Å². The third-order valence-corrected chi connectivity index (χ3v) is 7.45. The summed E-state index contributed by atoms with van der Waals surface area (Å²) in [6.45, 7) is 7.74. The van der Waals surface area contributed by atoms with E-state index >= 15 is 0 Å². The largest absolute Gasteiger partial charge is 0.292 e. The van der Waals surface area contributed by atoms with Gasteiger partial charge in [0.2, 0.25) is 10.0 Å². The second kappa shape index (κ2) is 8.34. The van der Waals surface area contributed by atoms with Gasteiger partial charge in [-0.3, -0.25) is 5.43 Å². The van der Waals surface area contributed by atoms with Gasteiger partial charge in [0.15, 0.2) is 0 Å². The van der Waals surface area contributed by atoms with Crippen LogP contribution in [0.1, 0.15) is 25.0 Å². The summed E-state index contributed by atoms with van der Waals surface area (Å²) in [6, 6.07) is 7.93. The fraction of sp³-hybridized carbons (Fsp3) is 0.353. The number of hydrazine groups is 1. The molecule has 1 heterocycles. The first-order valence-corrected chi connectivity index (χ1v) is 11.4. The number of benzene rings is 1. The number of aromatic nitrogens is 1. The third-order valence-electron chi connectivity index (χ3n) is 4.03. The van der Waals surface area contributed by atoms with Crippen LogP contribution in [0.3, 0.4) is 0 Å². The maximum absolute atomic E-state index is 12.5. The van der Waals surface area contributed by atoms with Gasteiger partial charge in [0.1, 0.15) is 10.7 Å². The number of aryl methyl sites for hydroxylation is 2. The first-order valence-electron chi connectivity index (χ1n) is 8.43. The Labute approximate surface area is 160 Å². The topological polar surface area (TPSA) is 108 Å². The first-order chi connectivity index (χ1) is 12.6. The maximum atomic E-state index is 12.5. The molecule has 2 N–H and O–H groups in total. The average Bonchev–Trinajstić information content (AvgIpc) is 2.63. The lowest BCUT2D eigenvalue weighted by Gasteiger charge is -2.18. The molecule has 0 aliphatic carbocycles. The molecule has 10 heteroatoms. The number of hydrogen-bond acceptors (Lipinski definition) is 6. The Morgan fingerprint density at radius 2 is 1.67 bits per heavy atom. The van der Waals surface area contributed by atoms with Gasteiger partial charge in [0, 0.05) is 19.3 Å². The third kappa shape index (κ3) is 4.83. The Balaban J connectivity index is 2.17. The lowest BCUT2D eigenvalue weighted by atomic mass is 10.2. The van der Waals surface area contributed by atoms with E-state index in [0.29, 0.717) is 18.7 Å². The zero-order valence-corrected chi connectivity index (χ0v) is 17.4. The number of rotatable bonds is 8. The van der Waals surface area contributed by atoms with Gasteiger partial charge in [-0.05, 0) is 43.2 Å². The molecule has 148 valence electrons. The van der Waals surface area contributed by atoms with Crippen LogP contribution in [0.15, 0.2) is 46.3 Å². The van der Waals surface area contributed by atoms with Crippen molar-refractivity contribution in [3.05, 3.63) is 47.7 Å². The highest BCUT2D eigenvalue weighted by molar-refractivity contribution is 7.89. The van der Waals surface area contributed by atoms with Crippen molar-refractivity contribution in [1.82, 2.24) is 14.1 Å². The standard InChI is InChI=1S/C17H24N4O4S2/c1-5-21(6-2)27(24,25)15-9-10-17(18-12-15)19-20-26(22,23)16-11-13(3)7-8-14(16)4/h7-12,20H,5-6H2,1-4H3,(H,18,19). The zero-order chi connectivity index (χ0) is 20.2. The molecule has 1 aromatic heterocycles. The van der Waals surface area contributed by atoms with E-state index in [1.807, 2.05) is 13.0 Å². The predicted octanol–water partition coefficient (Wildman–Crippen LogP) is 2.03. The fourth-order valence-electron chi connectivity index (χ4n) is 2.49. The molecule has 2 aromatic rings. The highest BCUT2D eigenvalue weighted by Gasteiger charge is 2.22. The molecule has 1 aromatic carbocycles. The van der Waals surface area contributed by atoms with Gasteiger partial charge in [-0.15, -0.1) is 4.83 Å². The average molecular weight is 413 g/mol. The zero-order valence-electron chi connectivity index (χ0n) is 15.7. The van der Waals surface area contributed by atoms with Crippen LogP contribution >= 0.6 is 0 Å². The van der Waals surface area contributed by atoms with E-state index in [0.717, 1.165) is 5.56 Å². The quantitative estimate of drug-likeness (QED) is 0.642. The number of anilines is 1. The van der Waals surface area contributed by atoms with Crippen molar-refractivity contribution in [2.75, 3.05) is 18.5 Å². The van der Waals surface area contributed by atoms with Gasteiger partial charge in [-0.25, -0.2) is 21.8 Å². The van der Waals surface area contributed by atoms with E-state index < -0.39 is 20.0 Å². The van der Waals surface area contributed by atoms with Gasteiger partial charge in [-0.1, -0.05) is 26.0 Å². The summed E-state index contributed by atoms with van der Waals surface area (Å²) in [6.07, 6.45) is 1.20. The van der Waals surface area contributed by atoms with E-state index in [-0.39, 0.29) is 15.6 Å². The Bertz CT molecular complexity index is 1000. The van der Waals surface area contributed by atoms with Crippen molar-refractivity contribution < 1.29 is 16.8 Å². The first kappa shape index (κ1) is 21.3. The van der Waals surface area contributed by atoms with Crippen molar-refractivity contribution in [2.24, 2.45) is 0 Å². The molecule has 27 heavy (non-hydrogen) atoms. The number of nitrogens with one attached hydrogen (secondary N) is 2. The molecule has 0 spiro atoms. The van der Waals surface area contributed by atoms with Gasteiger partial charge >= 0.3 is 0 Å². The molecule has 8 nitrogen and oxygen atoms in total. The predicted molar refractivity (Wildman–Crippen MR) is 104 cm³/mol. The number of sulfonamides is 2. The Morgan fingerprint density at radius 1 is 1.00 bits per heavy atom. The van der Waals surface area contributed by atoms with Gasteiger partial charge in [0.25, 0.3) is 10.0 Å². The lowest BCUT2D eigenvalue weighted by Crippen LogP contribution is -2.31. The molecular formula is C17H24N4O4S2. The summed E-state index contributed by atoms with van der Waals surface area (Å²) in [5.41, 5.74) is 3.95. The summed E-state index contributed by atoms with van der Waals surface area (Å²) in [5.74, 6) is 0.183. The van der Waals surface area contributed by atoms with E-state index in [1.165, 1.54) is 22.6 Å². The van der Waals surface area contributed by atoms with Crippen molar-refractivity contribution >= 4 is 25.9 Å². The van der Waals surface area contributed by atoms with E-state index in [1.54, 1.807) is 32.9 Å². The van der Waals surface area contributed by atoms with Crippen LogP contribution in [0.4, 0.5) is 5.82 Å². The molecule has 0 radical (unpaired) electrons. The van der Waals surface area contributed by atoms with Crippen molar-refractivity contribution in [3.8, 4) is 0 Å². The van der Waals surface area contributed by atoms with Gasteiger partial charge < -0.3 is 0 Å². The lowest BCUT2D eigenvalue weighted by molar-refractivity contribution is 0.445. The maximum Gasteiger partial charge on any atom is 0.257 e. The summed E-state index contributed by atoms with van der Waals surface area (Å²) in [4.78, 5) is 6.46. The highest BCUT2D eigenvalue weighted by Crippen LogP contribution is 2.18. The summed E-state index contributed by atoms with van der Waals surface area (Å²) < 4.78 is 51.1. The second-order valence-corrected chi connectivity index (χ2v) is 9.56. The molecule has 0 saturated carbocycles. The van der Waals surface area contributed by atoms with Crippen LogP contribution in [-0.2, 0) is 20.0 Å². The Hall–Kier alpha value is -2.01. The minimum Gasteiger partial charge on any atom is -0.292 e. The van der Waals surface area contributed by atoms with Crippen LogP contribution < -0.4 is 10.3 Å². The van der Waals surface area contributed by atoms with Crippen LogP contribution in [-0.4, -0.2) is 39.2 Å². The normalized spacial score (nSPS) is 12.3. The van der Waals surface area contributed by atoms with Crippen LogP contribution in [0, 0.1) is 13.8 Å².